The van der Waals surface area contributed by atoms with Crippen molar-refractivity contribution in [2.24, 2.45) is 0 Å². The lowest BCUT2D eigenvalue weighted by molar-refractivity contribution is 0.0707. The lowest BCUT2D eigenvalue weighted by atomic mass is 9.98. The number of rotatable bonds is 5. The number of nitrogens with zero attached hydrogens (tertiary/aromatic N) is 2. The summed E-state index contributed by atoms with van der Waals surface area (Å²) in [5.74, 6) is 0.190. The van der Waals surface area contributed by atoms with Crippen molar-refractivity contribution in [1.82, 2.24) is 9.88 Å². The summed E-state index contributed by atoms with van der Waals surface area (Å²) in [4.78, 5) is 20.0. The van der Waals surface area contributed by atoms with Gasteiger partial charge in [0.05, 0.1) is 20.1 Å². The number of nitrogens with one attached hydrogen (secondary N) is 1. The molecular weight excluding hydrogens is 454 g/mol. The van der Waals surface area contributed by atoms with Gasteiger partial charge in [0.2, 0.25) is 0 Å². The molecule has 2 heterocycles. The van der Waals surface area contributed by atoms with Crippen LogP contribution in [0.25, 0.3) is 10.2 Å². The number of aromatic nitrogens is 1. The second-order valence-corrected chi connectivity index (χ2v) is 10.9. The number of para-hydroxylation sites is 1. The Labute approximate surface area is 197 Å². The number of amides is 1. The predicted molar refractivity (Wildman–Crippen MR) is 131 cm³/mol. The maximum Gasteiger partial charge on any atom is 0.261 e. The van der Waals surface area contributed by atoms with E-state index in [1.165, 1.54) is 4.70 Å². The van der Waals surface area contributed by atoms with Gasteiger partial charge in [-0.2, -0.15) is 0 Å². The first-order valence-corrected chi connectivity index (χ1v) is 13.1. The lowest BCUT2D eigenvalue weighted by Gasteiger charge is -2.32. The number of likely N-dealkylation sites (tertiary alicyclic amines) is 1. The molecule has 1 amide bonds. The van der Waals surface area contributed by atoms with E-state index in [2.05, 4.69) is 10.8 Å². The first kappa shape index (κ1) is 21.6. The van der Waals surface area contributed by atoms with Crippen LogP contribution in [0, 0.1) is 0 Å². The molecular formula is C25H23N3O3S2. The first-order chi connectivity index (χ1) is 16.0. The fourth-order valence-electron chi connectivity index (χ4n) is 4.10. The summed E-state index contributed by atoms with van der Waals surface area (Å²) in [7, 11) is -3.67. The van der Waals surface area contributed by atoms with E-state index < -0.39 is 10.0 Å². The van der Waals surface area contributed by atoms with Crippen molar-refractivity contribution in [3.63, 3.8) is 0 Å². The second kappa shape index (κ2) is 8.96. The van der Waals surface area contributed by atoms with E-state index in [1.807, 2.05) is 23.1 Å². The molecule has 1 aliphatic rings. The van der Waals surface area contributed by atoms with Crippen molar-refractivity contribution in [2.45, 2.75) is 23.7 Å². The van der Waals surface area contributed by atoms with E-state index in [1.54, 1.807) is 65.9 Å². The molecule has 0 saturated carbocycles. The van der Waals surface area contributed by atoms with Gasteiger partial charge in [0.1, 0.15) is 0 Å². The molecule has 1 saturated heterocycles. The normalized spacial score (nSPS) is 16.6. The largest absolute Gasteiger partial charge is 0.338 e. The van der Waals surface area contributed by atoms with Gasteiger partial charge >= 0.3 is 0 Å². The summed E-state index contributed by atoms with van der Waals surface area (Å²) in [6.07, 6.45) is 1.95. The number of thiazole rings is 1. The Balaban J connectivity index is 1.28. The number of hydrogen-bond acceptors (Lipinski definition) is 5. The Bertz CT molecular complexity index is 1350. The number of sulfonamides is 1. The average Bonchev–Trinajstić information content (AvgIpc) is 3.29. The van der Waals surface area contributed by atoms with E-state index in [0.717, 1.165) is 23.4 Å². The maximum absolute atomic E-state index is 13.1. The molecule has 6 nitrogen and oxygen atoms in total. The van der Waals surface area contributed by atoms with Crippen molar-refractivity contribution < 1.29 is 13.2 Å². The Hall–Kier alpha value is -3.23. The maximum atomic E-state index is 13.1. The Kier molecular flexibility index (Phi) is 5.86. The van der Waals surface area contributed by atoms with Crippen molar-refractivity contribution in [1.29, 1.82) is 0 Å². The van der Waals surface area contributed by atoms with E-state index in [0.29, 0.717) is 24.3 Å². The second-order valence-electron chi connectivity index (χ2n) is 8.11. The van der Waals surface area contributed by atoms with E-state index in [9.17, 15) is 13.2 Å². The molecule has 1 aliphatic heterocycles. The molecule has 33 heavy (non-hydrogen) atoms. The molecule has 8 heteroatoms. The van der Waals surface area contributed by atoms with E-state index >= 15 is 0 Å². The number of anilines is 1. The van der Waals surface area contributed by atoms with E-state index in [-0.39, 0.29) is 16.7 Å². The van der Waals surface area contributed by atoms with Gasteiger partial charge in [0.25, 0.3) is 15.9 Å². The number of carbonyl (C=O) groups excluding carboxylic acids is 1. The van der Waals surface area contributed by atoms with Crippen LogP contribution in [-0.2, 0) is 10.0 Å². The van der Waals surface area contributed by atoms with Gasteiger partial charge in [0.15, 0.2) is 0 Å². The lowest BCUT2D eigenvalue weighted by Crippen LogP contribution is -2.39. The summed E-state index contributed by atoms with van der Waals surface area (Å²) in [6.45, 7) is 1.35. The highest BCUT2D eigenvalue weighted by atomic mass is 32.2. The smallest absolute Gasteiger partial charge is 0.261 e. The number of carbonyl (C=O) groups is 1. The van der Waals surface area contributed by atoms with Gasteiger partial charge in [-0.25, -0.2) is 13.4 Å². The van der Waals surface area contributed by atoms with Crippen LogP contribution in [0.1, 0.15) is 34.1 Å². The minimum Gasteiger partial charge on any atom is -0.338 e. The molecule has 0 spiro atoms. The van der Waals surface area contributed by atoms with Gasteiger partial charge in [0, 0.05) is 30.3 Å². The van der Waals surface area contributed by atoms with Crippen molar-refractivity contribution in [2.75, 3.05) is 17.8 Å². The zero-order valence-electron chi connectivity index (χ0n) is 17.8. The number of benzene rings is 3. The zero-order valence-corrected chi connectivity index (χ0v) is 19.5. The van der Waals surface area contributed by atoms with Crippen molar-refractivity contribution in [3.8, 4) is 0 Å². The van der Waals surface area contributed by atoms with Crippen LogP contribution >= 0.6 is 11.3 Å². The topological polar surface area (TPSA) is 79.4 Å². The fourth-order valence-corrected chi connectivity index (χ4v) is 6.28. The summed E-state index contributed by atoms with van der Waals surface area (Å²) < 4.78 is 28.8. The molecule has 168 valence electrons. The van der Waals surface area contributed by atoms with Crippen LogP contribution in [0.3, 0.4) is 0 Å². The van der Waals surface area contributed by atoms with Crippen LogP contribution in [0.4, 0.5) is 5.69 Å². The summed E-state index contributed by atoms with van der Waals surface area (Å²) in [5.41, 5.74) is 1.97. The highest BCUT2D eigenvalue weighted by Gasteiger charge is 2.27. The molecule has 4 aromatic rings. The number of fused-ring (bicyclic) bond motifs is 1. The van der Waals surface area contributed by atoms with Crippen LogP contribution in [-0.4, -0.2) is 37.3 Å². The molecule has 1 fully saturated rings. The monoisotopic (exact) mass is 477 g/mol. The van der Waals surface area contributed by atoms with Gasteiger partial charge < -0.3 is 4.90 Å². The van der Waals surface area contributed by atoms with Crippen LogP contribution in [0.15, 0.2) is 83.8 Å². The summed E-state index contributed by atoms with van der Waals surface area (Å²) in [6, 6.07) is 22.9. The van der Waals surface area contributed by atoms with Crippen molar-refractivity contribution in [3.05, 3.63) is 89.4 Å². The average molecular weight is 478 g/mol. The third kappa shape index (κ3) is 4.62. The van der Waals surface area contributed by atoms with Gasteiger partial charge in [-0.3, -0.25) is 9.52 Å². The predicted octanol–water partition coefficient (Wildman–Crippen LogP) is 5.12. The van der Waals surface area contributed by atoms with Crippen LogP contribution in [0.5, 0.6) is 0 Å². The third-order valence-electron chi connectivity index (χ3n) is 5.81. The van der Waals surface area contributed by atoms with Gasteiger partial charge in [-0.15, -0.1) is 11.3 Å². The summed E-state index contributed by atoms with van der Waals surface area (Å²) in [5, 5.41) is 1.08. The Morgan fingerprint density at radius 2 is 1.70 bits per heavy atom. The highest BCUT2D eigenvalue weighted by Crippen LogP contribution is 2.33. The minimum atomic E-state index is -3.67. The molecule has 0 radical (unpaired) electrons. The van der Waals surface area contributed by atoms with Gasteiger partial charge in [-0.1, -0.05) is 30.3 Å². The molecule has 1 atom stereocenters. The SMILES string of the molecule is O=C(c1ccc(NS(=O)(=O)c2ccccc2)cc1)N1CCC[C@@H](c2nc3ccccc3s2)C1. The number of hydrogen-bond donors (Lipinski definition) is 1. The Morgan fingerprint density at radius 1 is 0.970 bits per heavy atom. The minimum absolute atomic E-state index is 0.0433. The fraction of sp³-hybridized carbons (Fsp3) is 0.200. The Morgan fingerprint density at radius 3 is 2.45 bits per heavy atom. The van der Waals surface area contributed by atoms with Gasteiger partial charge in [-0.05, 0) is 61.4 Å². The zero-order chi connectivity index (χ0) is 22.8. The third-order valence-corrected chi connectivity index (χ3v) is 8.40. The molecule has 0 aliphatic carbocycles. The van der Waals surface area contributed by atoms with Crippen molar-refractivity contribution >= 4 is 43.2 Å². The molecule has 3 aromatic carbocycles. The molecule has 1 N–H and O–H groups in total. The molecule has 1 aromatic heterocycles. The van der Waals surface area contributed by atoms with E-state index in [4.69, 9.17) is 4.98 Å². The standard InChI is InChI=1S/C25H23N3O3S2/c29-25(18-12-14-20(15-13-18)27-33(30,31)21-8-2-1-3-9-21)28-16-6-7-19(17-28)24-26-22-10-4-5-11-23(22)32-24/h1-5,8-15,19,27H,6-7,16-17H2/t19-/m1/s1. The number of piperidine rings is 1. The highest BCUT2D eigenvalue weighted by molar-refractivity contribution is 7.92. The van der Waals surface area contributed by atoms with Crippen LogP contribution < -0.4 is 4.72 Å². The molecule has 0 bridgehead atoms. The first-order valence-electron chi connectivity index (χ1n) is 10.8. The van der Waals surface area contributed by atoms with Crippen LogP contribution in [0.2, 0.25) is 0 Å². The summed E-state index contributed by atoms with van der Waals surface area (Å²) >= 11 is 1.70. The molecule has 5 rings (SSSR count). The quantitative estimate of drug-likeness (QED) is 0.433. The molecule has 0 unspecified atom stereocenters.